The largest absolute Gasteiger partial charge is 0.483 e. The van der Waals surface area contributed by atoms with Gasteiger partial charge in [0.2, 0.25) is 0 Å². The topological polar surface area (TPSA) is 104 Å². The molecule has 2 aromatic heterocycles. The Labute approximate surface area is 191 Å². The first-order chi connectivity index (χ1) is 15.7. The number of hydrogen-bond acceptors (Lipinski definition) is 8. The molecule has 1 aromatic carbocycles. The number of hydrogen-bond donors (Lipinski definition) is 1. The third-order valence-corrected chi connectivity index (χ3v) is 5.56. The molecule has 3 aromatic rings. The maximum atomic E-state index is 13.7. The Bertz CT molecular complexity index is 1200. The van der Waals surface area contributed by atoms with Crippen LogP contribution in [0.1, 0.15) is 48.8 Å². The molecule has 1 amide bonds. The average molecular weight is 479 g/mol. The highest BCUT2D eigenvalue weighted by atomic mass is 32.1. The van der Waals surface area contributed by atoms with Crippen molar-refractivity contribution in [3.8, 4) is 5.75 Å². The number of carbonyl (C=O) groups is 3. The van der Waals surface area contributed by atoms with Crippen molar-refractivity contribution >= 4 is 34.2 Å². The van der Waals surface area contributed by atoms with E-state index in [4.69, 9.17) is 18.6 Å². The first kappa shape index (κ1) is 23.9. The smallest absolute Gasteiger partial charge is 0.348 e. The van der Waals surface area contributed by atoms with Crippen LogP contribution in [0.15, 0.2) is 34.7 Å². The van der Waals surface area contributed by atoms with Gasteiger partial charge < -0.3 is 23.9 Å². The van der Waals surface area contributed by atoms with Crippen LogP contribution in [0.25, 0.3) is 0 Å². The molecule has 0 spiro atoms. The quantitative estimate of drug-likeness (QED) is 0.466. The third kappa shape index (κ3) is 5.37. The molecule has 11 heteroatoms. The fraction of sp³-hybridized carbons (Fsp3) is 0.227. The number of benzene rings is 1. The number of ether oxygens (including phenoxy) is 3. The summed E-state index contributed by atoms with van der Waals surface area (Å²) in [6.45, 7) is 3.12. The minimum atomic E-state index is -0.875. The molecule has 33 heavy (non-hydrogen) atoms. The highest BCUT2D eigenvalue weighted by molar-refractivity contribution is 7.18. The molecular formula is C22H19F2NO7S. The monoisotopic (exact) mass is 479 g/mol. The van der Waals surface area contributed by atoms with Crippen LogP contribution in [0.3, 0.4) is 0 Å². The van der Waals surface area contributed by atoms with E-state index in [0.717, 1.165) is 23.5 Å². The third-order valence-electron chi connectivity index (χ3n) is 4.37. The Kier molecular flexibility index (Phi) is 7.44. The van der Waals surface area contributed by atoms with E-state index in [1.54, 1.807) is 13.8 Å². The van der Waals surface area contributed by atoms with E-state index in [1.807, 2.05) is 0 Å². The number of nitrogens with one attached hydrogen (secondary N) is 1. The molecular weight excluding hydrogens is 460 g/mol. The molecule has 0 aliphatic rings. The van der Waals surface area contributed by atoms with Crippen molar-refractivity contribution in [3.63, 3.8) is 0 Å². The van der Waals surface area contributed by atoms with Crippen LogP contribution in [0.2, 0.25) is 0 Å². The van der Waals surface area contributed by atoms with Gasteiger partial charge in [-0.05, 0) is 43.7 Å². The number of furan rings is 1. The van der Waals surface area contributed by atoms with Crippen molar-refractivity contribution in [3.05, 3.63) is 69.5 Å². The summed E-state index contributed by atoms with van der Waals surface area (Å²) >= 11 is 0.872. The van der Waals surface area contributed by atoms with Gasteiger partial charge in [0.15, 0.2) is 17.3 Å². The molecule has 3 rings (SSSR count). The summed E-state index contributed by atoms with van der Waals surface area (Å²) in [4.78, 5) is 37.2. The number of rotatable bonds is 8. The van der Waals surface area contributed by atoms with E-state index in [0.29, 0.717) is 11.6 Å². The van der Waals surface area contributed by atoms with Crippen LogP contribution in [0.4, 0.5) is 13.8 Å². The van der Waals surface area contributed by atoms with Gasteiger partial charge >= 0.3 is 11.9 Å². The average Bonchev–Trinajstić information content (AvgIpc) is 3.37. The molecule has 0 saturated carbocycles. The van der Waals surface area contributed by atoms with Gasteiger partial charge in [-0.1, -0.05) is 0 Å². The molecule has 0 atom stereocenters. The Morgan fingerprint density at radius 1 is 1.12 bits per heavy atom. The lowest BCUT2D eigenvalue weighted by atomic mass is 10.1. The highest BCUT2D eigenvalue weighted by Gasteiger charge is 2.27. The van der Waals surface area contributed by atoms with E-state index in [1.165, 1.54) is 19.2 Å². The molecule has 174 valence electrons. The number of halogens is 2. The van der Waals surface area contributed by atoms with Gasteiger partial charge in [0.25, 0.3) is 5.91 Å². The predicted molar refractivity (Wildman–Crippen MR) is 114 cm³/mol. The summed E-state index contributed by atoms with van der Waals surface area (Å²) < 4.78 is 47.1. The highest BCUT2D eigenvalue weighted by Crippen LogP contribution is 2.34. The van der Waals surface area contributed by atoms with Crippen LogP contribution in [-0.2, 0) is 16.1 Å². The number of carbonyl (C=O) groups excluding carboxylic acids is 3. The number of amides is 1. The molecule has 2 heterocycles. The molecule has 0 radical (unpaired) electrons. The molecule has 8 nitrogen and oxygen atoms in total. The minimum absolute atomic E-state index is 0.0285. The van der Waals surface area contributed by atoms with Gasteiger partial charge in [0.1, 0.15) is 28.1 Å². The summed E-state index contributed by atoms with van der Waals surface area (Å²) in [6.07, 6.45) is 0. The SMILES string of the molecule is CCOC(=O)c1sc(NC(=O)c2ccc(COc3ccc(F)cc3F)o2)c(C(=O)OC)c1C. The van der Waals surface area contributed by atoms with Gasteiger partial charge in [0, 0.05) is 6.07 Å². The minimum Gasteiger partial charge on any atom is -0.483 e. The van der Waals surface area contributed by atoms with Crippen LogP contribution in [0, 0.1) is 18.6 Å². The van der Waals surface area contributed by atoms with Crippen LogP contribution >= 0.6 is 11.3 Å². The number of anilines is 1. The van der Waals surface area contributed by atoms with Crippen molar-refractivity contribution < 1.29 is 41.8 Å². The van der Waals surface area contributed by atoms with E-state index in [-0.39, 0.29) is 45.9 Å². The zero-order valence-corrected chi connectivity index (χ0v) is 18.6. The molecule has 0 fully saturated rings. The summed E-state index contributed by atoms with van der Waals surface area (Å²) in [5, 5.41) is 2.63. The van der Waals surface area contributed by atoms with Gasteiger partial charge in [-0.15, -0.1) is 11.3 Å². The van der Waals surface area contributed by atoms with Crippen molar-refractivity contribution in [1.82, 2.24) is 0 Å². The van der Waals surface area contributed by atoms with E-state index >= 15 is 0 Å². The lowest BCUT2D eigenvalue weighted by Gasteiger charge is -2.06. The first-order valence-electron chi connectivity index (χ1n) is 9.61. The van der Waals surface area contributed by atoms with E-state index in [9.17, 15) is 23.2 Å². The maximum Gasteiger partial charge on any atom is 0.348 e. The predicted octanol–water partition coefficient (Wildman–Crippen LogP) is 4.72. The summed E-state index contributed by atoms with van der Waals surface area (Å²) in [7, 11) is 1.18. The van der Waals surface area contributed by atoms with Crippen LogP contribution in [-0.4, -0.2) is 31.6 Å². The van der Waals surface area contributed by atoms with Crippen molar-refractivity contribution in [2.45, 2.75) is 20.5 Å². The fourth-order valence-electron chi connectivity index (χ4n) is 2.82. The summed E-state index contributed by atoms with van der Waals surface area (Å²) in [5.41, 5.74) is 0.344. The summed E-state index contributed by atoms with van der Waals surface area (Å²) in [5.74, 6) is -3.77. The van der Waals surface area contributed by atoms with Gasteiger partial charge in [-0.3, -0.25) is 4.79 Å². The molecule has 1 N–H and O–H groups in total. The second-order valence-electron chi connectivity index (χ2n) is 6.56. The normalized spacial score (nSPS) is 10.6. The number of esters is 2. The Balaban J connectivity index is 1.76. The molecule has 0 aliphatic heterocycles. The molecule has 0 bridgehead atoms. The van der Waals surface area contributed by atoms with Crippen LogP contribution < -0.4 is 10.1 Å². The maximum absolute atomic E-state index is 13.7. The second-order valence-corrected chi connectivity index (χ2v) is 7.58. The lowest BCUT2D eigenvalue weighted by Crippen LogP contribution is -2.13. The van der Waals surface area contributed by atoms with Gasteiger partial charge in [-0.25, -0.2) is 18.4 Å². The zero-order chi connectivity index (χ0) is 24.1. The Morgan fingerprint density at radius 3 is 2.55 bits per heavy atom. The number of thiophene rings is 1. The second kappa shape index (κ2) is 10.3. The van der Waals surface area contributed by atoms with Gasteiger partial charge in [-0.2, -0.15) is 0 Å². The van der Waals surface area contributed by atoms with E-state index < -0.39 is 29.5 Å². The molecule has 0 unspecified atom stereocenters. The lowest BCUT2D eigenvalue weighted by molar-refractivity contribution is 0.0531. The van der Waals surface area contributed by atoms with E-state index in [2.05, 4.69) is 5.32 Å². The Morgan fingerprint density at radius 2 is 1.88 bits per heavy atom. The summed E-state index contributed by atoms with van der Waals surface area (Å²) in [6, 6.07) is 5.67. The Hall–Kier alpha value is -3.73. The van der Waals surface area contributed by atoms with Gasteiger partial charge in [0.05, 0.1) is 19.3 Å². The fourth-order valence-corrected chi connectivity index (χ4v) is 3.91. The van der Waals surface area contributed by atoms with Crippen molar-refractivity contribution in [1.29, 1.82) is 0 Å². The first-order valence-corrected chi connectivity index (χ1v) is 10.4. The van der Waals surface area contributed by atoms with Crippen molar-refractivity contribution in [2.24, 2.45) is 0 Å². The van der Waals surface area contributed by atoms with Crippen LogP contribution in [0.5, 0.6) is 5.75 Å². The number of methoxy groups -OCH3 is 1. The zero-order valence-electron chi connectivity index (χ0n) is 17.8. The molecule has 0 saturated heterocycles. The molecule has 0 aliphatic carbocycles. The van der Waals surface area contributed by atoms with Crippen molar-refractivity contribution in [2.75, 3.05) is 19.0 Å². The standard InChI is InChI=1S/C22H19F2NO7S/c1-4-30-22(28)18-11(2)17(21(27)29-3)20(33-18)25-19(26)16-8-6-13(32-16)10-31-15-7-5-12(23)9-14(15)24/h5-9H,4,10H2,1-3H3,(H,25,26).